The molecule has 1 aliphatic rings. The van der Waals surface area contributed by atoms with Gasteiger partial charge >= 0.3 is 6.18 Å². The van der Waals surface area contributed by atoms with Crippen molar-refractivity contribution in [3.05, 3.63) is 24.9 Å². The number of halogens is 3. The highest BCUT2D eigenvalue weighted by Gasteiger charge is 2.42. The maximum Gasteiger partial charge on any atom is 0.391 e. The summed E-state index contributed by atoms with van der Waals surface area (Å²) >= 11 is 0. The molecule has 0 bridgehead atoms. The molecule has 4 heteroatoms. The van der Waals surface area contributed by atoms with E-state index in [-0.39, 0.29) is 18.8 Å². The largest absolute Gasteiger partial charge is 0.391 e. The van der Waals surface area contributed by atoms with Crippen LogP contribution in [0.4, 0.5) is 13.2 Å². The molecule has 1 saturated carbocycles. The van der Waals surface area contributed by atoms with Crippen molar-refractivity contribution in [3.8, 4) is 0 Å². The Kier molecular flexibility index (Phi) is 4.97. The minimum absolute atomic E-state index is 0.0372. The molecule has 1 aliphatic carbocycles. The second kappa shape index (κ2) is 6.03. The van der Waals surface area contributed by atoms with E-state index >= 15 is 0 Å². The van der Waals surface area contributed by atoms with Crippen LogP contribution in [0.1, 0.15) is 32.6 Å². The molecule has 0 radical (unpaired) electrons. The lowest BCUT2D eigenvalue weighted by atomic mass is 9.79. The van der Waals surface area contributed by atoms with E-state index in [0.29, 0.717) is 6.42 Å². The van der Waals surface area contributed by atoms with E-state index in [1.54, 1.807) is 25.3 Å². The standard InChI is InChI=1S/C13H18F3N/c1-3-4-8-17-10(2)11-6-5-7-12(9-11)13(14,15)16/h3-4,8,11-12H,1,5-7,9H2,2H3/b8-4-,17-10?. The molecule has 0 N–H and O–H groups in total. The molecule has 1 fully saturated rings. The van der Waals surface area contributed by atoms with Gasteiger partial charge in [0.2, 0.25) is 0 Å². The predicted octanol–water partition coefficient (Wildman–Crippen LogP) is 4.52. The zero-order valence-corrected chi connectivity index (χ0v) is 10.0. The highest BCUT2D eigenvalue weighted by molar-refractivity contribution is 5.85. The van der Waals surface area contributed by atoms with Crippen LogP contribution >= 0.6 is 0 Å². The number of nitrogens with zero attached hydrogens (tertiary/aromatic N) is 1. The average Bonchev–Trinajstić information content (AvgIpc) is 2.28. The monoisotopic (exact) mass is 245 g/mol. The van der Waals surface area contributed by atoms with Gasteiger partial charge in [-0.1, -0.05) is 19.1 Å². The summed E-state index contributed by atoms with van der Waals surface area (Å²) in [6, 6.07) is 0. The third kappa shape index (κ3) is 4.36. The van der Waals surface area contributed by atoms with Crippen LogP contribution in [-0.2, 0) is 0 Å². The van der Waals surface area contributed by atoms with E-state index in [2.05, 4.69) is 11.6 Å². The summed E-state index contributed by atoms with van der Waals surface area (Å²) in [5, 5.41) is 0. The first-order valence-electron chi connectivity index (χ1n) is 5.83. The molecule has 0 aromatic heterocycles. The van der Waals surface area contributed by atoms with Crippen molar-refractivity contribution in [2.75, 3.05) is 0 Å². The highest BCUT2D eigenvalue weighted by Crippen LogP contribution is 2.40. The van der Waals surface area contributed by atoms with E-state index in [1.807, 2.05) is 0 Å². The van der Waals surface area contributed by atoms with Gasteiger partial charge in [-0.05, 0) is 38.2 Å². The van der Waals surface area contributed by atoms with Crippen LogP contribution < -0.4 is 0 Å². The molecule has 17 heavy (non-hydrogen) atoms. The molecule has 0 amide bonds. The normalized spacial score (nSPS) is 27.4. The Morgan fingerprint density at radius 1 is 1.35 bits per heavy atom. The maximum absolute atomic E-state index is 12.6. The first kappa shape index (κ1) is 14.0. The quantitative estimate of drug-likeness (QED) is 0.512. The van der Waals surface area contributed by atoms with E-state index in [4.69, 9.17) is 0 Å². The van der Waals surface area contributed by atoms with Crippen LogP contribution in [0.2, 0.25) is 0 Å². The number of hydrogen-bond donors (Lipinski definition) is 0. The van der Waals surface area contributed by atoms with Crippen molar-refractivity contribution in [1.29, 1.82) is 0 Å². The Morgan fingerprint density at radius 3 is 2.65 bits per heavy atom. The van der Waals surface area contributed by atoms with Crippen molar-refractivity contribution in [3.63, 3.8) is 0 Å². The van der Waals surface area contributed by atoms with Crippen molar-refractivity contribution >= 4 is 5.71 Å². The van der Waals surface area contributed by atoms with Crippen molar-refractivity contribution < 1.29 is 13.2 Å². The van der Waals surface area contributed by atoms with Crippen LogP contribution in [0.3, 0.4) is 0 Å². The van der Waals surface area contributed by atoms with Crippen LogP contribution in [0.5, 0.6) is 0 Å². The lowest BCUT2D eigenvalue weighted by molar-refractivity contribution is -0.183. The minimum atomic E-state index is -4.06. The molecule has 0 saturated heterocycles. The molecule has 2 unspecified atom stereocenters. The van der Waals surface area contributed by atoms with Crippen LogP contribution in [0.15, 0.2) is 29.9 Å². The van der Waals surface area contributed by atoms with Gasteiger partial charge in [-0.25, -0.2) is 0 Å². The molecule has 0 aromatic carbocycles. The zero-order valence-electron chi connectivity index (χ0n) is 10.0. The second-order valence-corrected chi connectivity index (χ2v) is 4.45. The summed E-state index contributed by atoms with van der Waals surface area (Å²) in [7, 11) is 0. The van der Waals surface area contributed by atoms with Gasteiger partial charge in [-0.15, -0.1) is 0 Å². The highest BCUT2D eigenvalue weighted by atomic mass is 19.4. The molecule has 96 valence electrons. The summed E-state index contributed by atoms with van der Waals surface area (Å²) < 4.78 is 37.9. The summed E-state index contributed by atoms with van der Waals surface area (Å²) in [5.41, 5.74) is 0.789. The Morgan fingerprint density at radius 2 is 2.06 bits per heavy atom. The second-order valence-electron chi connectivity index (χ2n) is 4.45. The number of alkyl halides is 3. The van der Waals surface area contributed by atoms with Crippen LogP contribution in [-0.4, -0.2) is 11.9 Å². The van der Waals surface area contributed by atoms with Gasteiger partial charge < -0.3 is 0 Å². The molecule has 2 atom stereocenters. The third-order valence-corrected chi connectivity index (χ3v) is 3.23. The number of hydrogen-bond acceptors (Lipinski definition) is 1. The fourth-order valence-electron chi connectivity index (χ4n) is 2.19. The molecule has 0 aliphatic heterocycles. The number of rotatable bonds is 3. The third-order valence-electron chi connectivity index (χ3n) is 3.23. The molecule has 0 heterocycles. The molecule has 1 nitrogen and oxygen atoms in total. The van der Waals surface area contributed by atoms with Gasteiger partial charge in [0, 0.05) is 11.9 Å². The Hall–Kier alpha value is -1.06. The number of aliphatic imine (C=N–C) groups is 1. The summed E-state index contributed by atoms with van der Waals surface area (Å²) in [6.45, 7) is 5.31. The Balaban J connectivity index is 2.63. The van der Waals surface area contributed by atoms with E-state index in [1.165, 1.54) is 0 Å². The predicted molar refractivity (Wildman–Crippen MR) is 63.9 cm³/mol. The lowest BCUT2D eigenvalue weighted by Crippen LogP contribution is -2.31. The summed E-state index contributed by atoms with van der Waals surface area (Å²) in [6.07, 6.45) is 2.67. The van der Waals surface area contributed by atoms with Gasteiger partial charge in [-0.2, -0.15) is 13.2 Å². The first-order valence-corrected chi connectivity index (χ1v) is 5.83. The van der Waals surface area contributed by atoms with Crippen LogP contribution in [0.25, 0.3) is 0 Å². The molecule has 0 spiro atoms. The fourth-order valence-corrected chi connectivity index (χ4v) is 2.19. The zero-order chi connectivity index (χ0) is 12.9. The van der Waals surface area contributed by atoms with E-state index < -0.39 is 12.1 Å². The SMILES string of the molecule is C=C/C=C\N=C(C)C1CCCC(C(F)(F)F)C1. The van der Waals surface area contributed by atoms with E-state index in [0.717, 1.165) is 12.1 Å². The lowest BCUT2D eigenvalue weighted by Gasteiger charge is -2.30. The summed E-state index contributed by atoms with van der Waals surface area (Å²) in [4.78, 5) is 4.15. The van der Waals surface area contributed by atoms with Gasteiger partial charge in [0.1, 0.15) is 0 Å². The molecule has 0 aromatic rings. The van der Waals surface area contributed by atoms with E-state index in [9.17, 15) is 13.2 Å². The van der Waals surface area contributed by atoms with Gasteiger partial charge in [0.05, 0.1) is 5.92 Å². The van der Waals surface area contributed by atoms with Crippen molar-refractivity contribution in [1.82, 2.24) is 0 Å². The first-order chi connectivity index (χ1) is 7.95. The number of allylic oxidation sites excluding steroid dienone is 2. The van der Waals surface area contributed by atoms with Gasteiger partial charge in [0.25, 0.3) is 0 Å². The maximum atomic E-state index is 12.6. The van der Waals surface area contributed by atoms with Crippen LogP contribution in [0, 0.1) is 11.8 Å². The molecular formula is C13H18F3N. The fraction of sp³-hybridized carbons (Fsp3) is 0.615. The van der Waals surface area contributed by atoms with Gasteiger partial charge in [-0.3, -0.25) is 4.99 Å². The minimum Gasteiger partial charge on any atom is -0.266 e. The smallest absolute Gasteiger partial charge is 0.266 e. The van der Waals surface area contributed by atoms with Crippen molar-refractivity contribution in [2.45, 2.75) is 38.8 Å². The average molecular weight is 245 g/mol. The Labute approximate surface area is 100 Å². The van der Waals surface area contributed by atoms with Gasteiger partial charge in [0.15, 0.2) is 0 Å². The molecule has 1 rings (SSSR count). The van der Waals surface area contributed by atoms with Crippen molar-refractivity contribution in [2.24, 2.45) is 16.8 Å². The summed E-state index contributed by atoms with van der Waals surface area (Å²) in [5.74, 6) is -1.19. The topological polar surface area (TPSA) is 12.4 Å². The molecular weight excluding hydrogens is 227 g/mol. The Bertz CT molecular complexity index is 315.